The number of carbonyl (C=O) groups excluding carboxylic acids is 5. The Morgan fingerprint density at radius 1 is 1.00 bits per heavy atom. The average molecular weight is 518 g/mol. The minimum Gasteiger partial charge on any atom is -0.481 e. The number of carboxylic acids is 1. The SMILES string of the molecule is CNC(=O)[C@H](C)NC(=O)[C@H](Cc1ccccc1)NC(=O)[C@@H]1CCCN1C(=O)[C@H](CCC(=O)O)NC(C)=O. The molecule has 0 spiro atoms. The van der Waals surface area contributed by atoms with Crippen molar-refractivity contribution in [2.24, 2.45) is 0 Å². The standard InChI is InChI=1S/C25H35N5O7/c1-15(22(34)26-3)27-23(35)19(14-17-8-5-4-6-9-17)29-24(36)20-10-7-13-30(20)25(37)18(28-16(2)31)11-12-21(32)33/h4-6,8-9,15,18-20H,7,10-14H2,1-3H3,(H,26,34)(H,27,35)(H,28,31)(H,29,36)(H,32,33)/t15-,18-,19-,20-/m0/s1. The number of hydrogen-bond acceptors (Lipinski definition) is 6. The normalized spacial score (nSPS) is 17.2. The molecule has 1 aliphatic heterocycles. The third-order valence-corrected chi connectivity index (χ3v) is 6.08. The minimum atomic E-state index is -1.11. The highest BCUT2D eigenvalue weighted by Gasteiger charge is 2.39. The molecule has 0 unspecified atom stereocenters. The molecule has 1 saturated heterocycles. The second-order valence-corrected chi connectivity index (χ2v) is 8.97. The van der Waals surface area contributed by atoms with Crippen molar-refractivity contribution >= 4 is 35.5 Å². The van der Waals surface area contributed by atoms with Crippen molar-refractivity contribution in [3.05, 3.63) is 35.9 Å². The zero-order valence-corrected chi connectivity index (χ0v) is 21.3. The van der Waals surface area contributed by atoms with Gasteiger partial charge in [0.15, 0.2) is 0 Å². The van der Waals surface area contributed by atoms with E-state index < -0.39 is 59.7 Å². The van der Waals surface area contributed by atoms with Crippen molar-refractivity contribution in [2.45, 2.75) is 70.1 Å². The lowest BCUT2D eigenvalue weighted by atomic mass is 10.0. The van der Waals surface area contributed by atoms with E-state index in [0.717, 1.165) is 5.56 Å². The molecule has 0 aliphatic carbocycles. The molecule has 1 aromatic carbocycles. The van der Waals surface area contributed by atoms with E-state index in [0.29, 0.717) is 12.8 Å². The molecule has 4 atom stereocenters. The molecule has 5 N–H and O–H groups in total. The Hall–Kier alpha value is -3.96. The number of carbonyl (C=O) groups is 6. The van der Waals surface area contributed by atoms with E-state index in [1.165, 1.54) is 25.8 Å². The summed E-state index contributed by atoms with van der Waals surface area (Å²) in [5, 5.41) is 19.3. The van der Waals surface area contributed by atoms with Crippen LogP contribution in [0.2, 0.25) is 0 Å². The monoisotopic (exact) mass is 517 g/mol. The van der Waals surface area contributed by atoms with Gasteiger partial charge in [-0.2, -0.15) is 0 Å². The molecule has 0 radical (unpaired) electrons. The van der Waals surface area contributed by atoms with Crippen molar-refractivity contribution in [1.82, 2.24) is 26.2 Å². The van der Waals surface area contributed by atoms with E-state index in [1.807, 2.05) is 6.07 Å². The van der Waals surface area contributed by atoms with E-state index in [2.05, 4.69) is 21.3 Å². The van der Waals surface area contributed by atoms with Crippen LogP contribution in [0, 0.1) is 0 Å². The first kappa shape index (κ1) is 29.3. The van der Waals surface area contributed by atoms with Crippen LogP contribution in [0.1, 0.15) is 45.1 Å². The van der Waals surface area contributed by atoms with E-state index in [9.17, 15) is 28.8 Å². The molecule has 5 amide bonds. The highest BCUT2D eigenvalue weighted by molar-refractivity contribution is 5.95. The molecule has 2 rings (SSSR count). The number of likely N-dealkylation sites (N-methyl/N-ethyl adjacent to an activating group) is 1. The van der Waals surface area contributed by atoms with Crippen LogP contribution in [0.5, 0.6) is 0 Å². The maximum absolute atomic E-state index is 13.3. The van der Waals surface area contributed by atoms with Gasteiger partial charge in [0, 0.05) is 33.4 Å². The fourth-order valence-electron chi connectivity index (χ4n) is 4.20. The highest BCUT2D eigenvalue weighted by atomic mass is 16.4. The first-order valence-corrected chi connectivity index (χ1v) is 12.2. The van der Waals surface area contributed by atoms with Crippen molar-refractivity contribution in [3.63, 3.8) is 0 Å². The molecule has 1 fully saturated rings. The maximum Gasteiger partial charge on any atom is 0.303 e. The van der Waals surface area contributed by atoms with Crippen molar-refractivity contribution < 1.29 is 33.9 Å². The number of rotatable bonds is 12. The van der Waals surface area contributed by atoms with Gasteiger partial charge in [0.25, 0.3) is 0 Å². The molecule has 1 aromatic rings. The number of hydrogen-bond donors (Lipinski definition) is 5. The predicted molar refractivity (Wildman–Crippen MR) is 133 cm³/mol. The van der Waals surface area contributed by atoms with Crippen LogP contribution in [0.3, 0.4) is 0 Å². The molecule has 202 valence electrons. The Kier molecular flexibility index (Phi) is 11.0. The smallest absolute Gasteiger partial charge is 0.303 e. The lowest BCUT2D eigenvalue weighted by Gasteiger charge is -2.30. The molecule has 0 saturated carbocycles. The van der Waals surface area contributed by atoms with Crippen LogP contribution in [0.25, 0.3) is 0 Å². The summed E-state index contributed by atoms with van der Waals surface area (Å²) in [5.41, 5.74) is 0.786. The Morgan fingerprint density at radius 3 is 2.27 bits per heavy atom. The third kappa shape index (κ3) is 8.89. The molecule has 0 aromatic heterocycles. The second-order valence-electron chi connectivity index (χ2n) is 8.97. The van der Waals surface area contributed by atoms with E-state index in [4.69, 9.17) is 5.11 Å². The fraction of sp³-hybridized carbons (Fsp3) is 0.520. The molecular weight excluding hydrogens is 482 g/mol. The van der Waals surface area contributed by atoms with Gasteiger partial charge in [0.2, 0.25) is 29.5 Å². The van der Waals surface area contributed by atoms with Crippen LogP contribution in [0.15, 0.2) is 30.3 Å². The molecule has 37 heavy (non-hydrogen) atoms. The topological polar surface area (TPSA) is 174 Å². The Labute approximate surface area is 215 Å². The largest absolute Gasteiger partial charge is 0.481 e. The van der Waals surface area contributed by atoms with Crippen LogP contribution < -0.4 is 21.3 Å². The van der Waals surface area contributed by atoms with E-state index in [-0.39, 0.29) is 25.8 Å². The average Bonchev–Trinajstić information content (AvgIpc) is 3.35. The van der Waals surface area contributed by atoms with Crippen LogP contribution in [-0.4, -0.2) is 83.3 Å². The minimum absolute atomic E-state index is 0.116. The van der Waals surface area contributed by atoms with Gasteiger partial charge in [0.05, 0.1) is 0 Å². The summed E-state index contributed by atoms with van der Waals surface area (Å²) in [5.74, 6) is -3.65. The zero-order chi connectivity index (χ0) is 27.5. The third-order valence-electron chi connectivity index (χ3n) is 6.08. The Bertz CT molecular complexity index is 1000. The number of likely N-dealkylation sites (tertiary alicyclic amines) is 1. The highest BCUT2D eigenvalue weighted by Crippen LogP contribution is 2.20. The summed E-state index contributed by atoms with van der Waals surface area (Å²) in [7, 11) is 1.45. The number of benzene rings is 1. The van der Waals surface area contributed by atoms with Gasteiger partial charge in [-0.1, -0.05) is 30.3 Å². The summed E-state index contributed by atoms with van der Waals surface area (Å²) in [4.78, 5) is 75.4. The summed E-state index contributed by atoms with van der Waals surface area (Å²) < 4.78 is 0. The van der Waals surface area contributed by atoms with Gasteiger partial charge < -0.3 is 31.3 Å². The number of nitrogens with zero attached hydrogens (tertiary/aromatic N) is 1. The zero-order valence-electron chi connectivity index (χ0n) is 21.3. The Balaban J connectivity index is 2.19. The van der Waals surface area contributed by atoms with Crippen LogP contribution in [0.4, 0.5) is 0 Å². The first-order valence-electron chi connectivity index (χ1n) is 12.2. The van der Waals surface area contributed by atoms with Gasteiger partial charge in [0.1, 0.15) is 24.2 Å². The van der Waals surface area contributed by atoms with E-state index in [1.54, 1.807) is 24.3 Å². The van der Waals surface area contributed by atoms with E-state index >= 15 is 0 Å². The van der Waals surface area contributed by atoms with Crippen molar-refractivity contribution in [1.29, 1.82) is 0 Å². The van der Waals surface area contributed by atoms with Crippen LogP contribution >= 0.6 is 0 Å². The summed E-state index contributed by atoms with van der Waals surface area (Å²) in [6, 6.07) is 5.22. The first-order chi connectivity index (χ1) is 17.5. The molecule has 12 heteroatoms. The number of nitrogens with one attached hydrogen (secondary N) is 4. The van der Waals surface area contributed by atoms with Gasteiger partial charge in [-0.3, -0.25) is 28.8 Å². The van der Waals surface area contributed by atoms with Gasteiger partial charge >= 0.3 is 5.97 Å². The number of amides is 5. The molecule has 12 nitrogen and oxygen atoms in total. The van der Waals surface area contributed by atoms with Crippen LogP contribution in [-0.2, 0) is 35.2 Å². The lowest BCUT2D eigenvalue weighted by Crippen LogP contribution is -2.57. The van der Waals surface area contributed by atoms with Gasteiger partial charge in [-0.25, -0.2) is 0 Å². The molecule has 1 heterocycles. The maximum atomic E-state index is 13.3. The van der Waals surface area contributed by atoms with Crippen molar-refractivity contribution in [3.8, 4) is 0 Å². The number of aliphatic carboxylic acids is 1. The van der Waals surface area contributed by atoms with Gasteiger partial charge in [-0.15, -0.1) is 0 Å². The summed E-state index contributed by atoms with van der Waals surface area (Å²) in [6.45, 7) is 3.00. The molecular formula is C25H35N5O7. The molecule has 0 bridgehead atoms. The second kappa shape index (κ2) is 14.0. The summed E-state index contributed by atoms with van der Waals surface area (Å²) in [6.07, 6.45) is 0.586. The Morgan fingerprint density at radius 2 is 1.68 bits per heavy atom. The summed E-state index contributed by atoms with van der Waals surface area (Å²) >= 11 is 0. The molecule has 1 aliphatic rings. The fourth-order valence-corrected chi connectivity index (χ4v) is 4.20. The van der Waals surface area contributed by atoms with Gasteiger partial charge in [-0.05, 0) is 31.7 Å². The quantitative estimate of drug-likeness (QED) is 0.244. The predicted octanol–water partition coefficient (Wildman–Crippen LogP) is -0.675. The van der Waals surface area contributed by atoms with Crippen molar-refractivity contribution in [2.75, 3.05) is 13.6 Å². The number of carboxylic acid groups (broad SMARTS) is 1. The lowest BCUT2D eigenvalue weighted by molar-refractivity contribution is -0.143.